The van der Waals surface area contributed by atoms with E-state index in [4.69, 9.17) is 0 Å². The molecular formula is C22H21N3O3S. The second kappa shape index (κ2) is 9.75. The predicted molar refractivity (Wildman–Crippen MR) is 114 cm³/mol. The van der Waals surface area contributed by atoms with Gasteiger partial charge >= 0.3 is 0 Å². The number of amides is 2. The van der Waals surface area contributed by atoms with Crippen molar-refractivity contribution in [3.63, 3.8) is 0 Å². The average Bonchev–Trinajstić information content (AvgIpc) is 3.20. The molecule has 0 spiro atoms. The van der Waals surface area contributed by atoms with Gasteiger partial charge in [0, 0.05) is 42.8 Å². The second-order valence-electron chi connectivity index (χ2n) is 6.48. The number of carbonyl (C=O) groups excluding carboxylic acids is 3. The molecule has 1 heterocycles. The highest BCUT2D eigenvalue weighted by molar-refractivity contribution is 7.14. The maximum atomic E-state index is 12.1. The van der Waals surface area contributed by atoms with Gasteiger partial charge in [-0.2, -0.15) is 0 Å². The minimum absolute atomic E-state index is 0.0556. The Morgan fingerprint density at radius 1 is 0.966 bits per heavy atom. The van der Waals surface area contributed by atoms with Crippen molar-refractivity contribution in [3.8, 4) is 11.3 Å². The van der Waals surface area contributed by atoms with E-state index in [0.717, 1.165) is 16.8 Å². The number of benzene rings is 2. The van der Waals surface area contributed by atoms with Crippen molar-refractivity contribution in [2.24, 2.45) is 0 Å². The van der Waals surface area contributed by atoms with Crippen LogP contribution < -0.4 is 10.6 Å². The van der Waals surface area contributed by atoms with Crippen LogP contribution >= 0.6 is 11.3 Å². The van der Waals surface area contributed by atoms with Crippen LogP contribution in [0, 0.1) is 0 Å². The van der Waals surface area contributed by atoms with Gasteiger partial charge in [0.05, 0.1) is 5.69 Å². The monoisotopic (exact) mass is 407 g/mol. The van der Waals surface area contributed by atoms with Gasteiger partial charge in [0.2, 0.25) is 11.8 Å². The van der Waals surface area contributed by atoms with Crippen molar-refractivity contribution in [1.29, 1.82) is 0 Å². The fourth-order valence-corrected chi connectivity index (χ4v) is 3.40. The zero-order valence-electron chi connectivity index (χ0n) is 16.0. The van der Waals surface area contributed by atoms with Gasteiger partial charge in [0.25, 0.3) is 0 Å². The summed E-state index contributed by atoms with van der Waals surface area (Å²) in [4.78, 5) is 39.6. The molecule has 0 aliphatic rings. The van der Waals surface area contributed by atoms with Crippen molar-refractivity contribution >= 4 is 34.1 Å². The van der Waals surface area contributed by atoms with Gasteiger partial charge in [-0.15, -0.1) is 11.3 Å². The summed E-state index contributed by atoms with van der Waals surface area (Å²) in [5, 5.41) is 7.87. The van der Waals surface area contributed by atoms with Gasteiger partial charge in [0.15, 0.2) is 10.9 Å². The summed E-state index contributed by atoms with van der Waals surface area (Å²) in [7, 11) is 0. The summed E-state index contributed by atoms with van der Waals surface area (Å²) < 4.78 is 0. The highest BCUT2D eigenvalue weighted by Gasteiger charge is 2.11. The van der Waals surface area contributed by atoms with E-state index in [9.17, 15) is 14.4 Å². The van der Waals surface area contributed by atoms with Crippen LogP contribution in [0.3, 0.4) is 0 Å². The molecule has 0 aliphatic heterocycles. The van der Waals surface area contributed by atoms with Crippen LogP contribution in [0.4, 0.5) is 5.13 Å². The first-order chi connectivity index (χ1) is 14.0. The van der Waals surface area contributed by atoms with Crippen LogP contribution in [-0.2, 0) is 16.1 Å². The minimum Gasteiger partial charge on any atom is -0.352 e. The van der Waals surface area contributed by atoms with Crippen LogP contribution in [0.15, 0.2) is 60.0 Å². The van der Waals surface area contributed by atoms with Crippen LogP contribution in [0.5, 0.6) is 0 Å². The molecular weight excluding hydrogens is 386 g/mol. The summed E-state index contributed by atoms with van der Waals surface area (Å²) in [6.07, 6.45) is 0.268. The molecule has 0 fully saturated rings. The summed E-state index contributed by atoms with van der Waals surface area (Å²) in [6.45, 7) is 1.97. The minimum atomic E-state index is -0.235. The van der Waals surface area contributed by atoms with Crippen molar-refractivity contribution in [1.82, 2.24) is 10.3 Å². The summed E-state index contributed by atoms with van der Waals surface area (Å²) >= 11 is 1.34. The highest BCUT2D eigenvalue weighted by Crippen LogP contribution is 2.25. The number of nitrogens with one attached hydrogen (secondary N) is 2. The van der Waals surface area contributed by atoms with Crippen LogP contribution in [0.2, 0.25) is 0 Å². The second-order valence-corrected chi connectivity index (χ2v) is 7.34. The maximum Gasteiger partial charge on any atom is 0.226 e. The van der Waals surface area contributed by atoms with E-state index in [1.54, 1.807) is 24.3 Å². The molecule has 2 aromatic carbocycles. The number of thiazole rings is 1. The molecule has 148 valence electrons. The van der Waals surface area contributed by atoms with E-state index in [1.807, 2.05) is 35.7 Å². The highest BCUT2D eigenvalue weighted by atomic mass is 32.1. The van der Waals surface area contributed by atoms with Crippen LogP contribution in [0.25, 0.3) is 11.3 Å². The lowest BCUT2D eigenvalue weighted by molar-refractivity contribution is -0.119. The average molecular weight is 407 g/mol. The molecule has 0 atom stereocenters. The maximum absolute atomic E-state index is 12.1. The first-order valence-electron chi connectivity index (χ1n) is 9.18. The number of hydrogen-bond acceptors (Lipinski definition) is 5. The fourth-order valence-electron chi connectivity index (χ4n) is 2.66. The molecule has 7 heteroatoms. The predicted octanol–water partition coefficient (Wildman–Crippen LogP) is 4.05. The third-order valence-electron chi connectivity index (χ3n) is 4.22. The topological polar surface area (TPSA) is 88.2 Å². The Balaban J connectivity index is 1.52. The molecule has 6 nitrogen and oxygen atoms in total. The molecule has 2 N–H and O–H groups in total. The van der Waals surface area contributed by atoms with Gasteiger partial charge in [-0.1, -0.05) is 54.6 Å². The molecule has 3 aromatic rings. The Morgan fingerprint density at radius 2 is 1.69 bits per heavy atom. The SMILES string of the molecule is CC(=O)NCc1ccc(-c2csc(NC(=O)CCC(=O)c3ccccc3)n2)cc1. The van der Waals surface area contributed by atoms with Crippen molar-refractivity contribution in [3.05, 3.63) is 71.1 Å². The fraction of sp³-hybridized carbons (Fsp3) is 0.182. The summed E-state index contributed by atoms with van der Waals surface area (Å²) in [5.74, 6) is -0.361. The molecule has 3 rings (SSSR count). The smallest absolute Gasteiger partial charge is 0.226 e. The number of rotatable bonds is 8. The van der Waals surface area contributed by atoms with E-state index in [0.29, 0.717) is 17.2 Å². The number of carbonyl (C=O) groups is 3. The standard InChI is InChI=1S/C22H21N3O3S/c1-15(26)23-13-16-7-9-17(10-8-16)19-14-29-22(24-19)25-21(28)12-11-20(27)18-5-3-2-4-6-18/h2-10,14H,11-13H2,1H3,(H,23,26)(H,24,25,28). The molecule has 1 aromatic heterocycles. The Bertz CT molecular complexity index is 998. The number of aromatic nitrogens is 1. The van der Waals surface area contributed by atoms with Crippen molar-refractivity contribution < 1.29 is 14.4 Å². The molecule has 2 amide bonds. The quantitative estimate of drug-likeness (QED) is 0.552. The third-order valence-corrected chi connectivity index (χ3v) is 4.97. The Kier molecular flexibility index (Phi) is 6.86. The van der Waals surface area contributed by atoms with E-state index in [-0.39, 0.29) is 30.4 Å². The molecule has 0 radical (unpaired) electrons. The number of anilines is 1. The van der Waals surface area contributed by atoms with E-state index in [2.05, 4.69) is 15.6 Å². The summed E-state index contributed by atoms with van der Waals surface area (Å²) in [5.41, 5.74) is 3.29. The largest absolute Gasteiger partial charge is 0.352 e. The van der Waals surface area contributed by atoms with Crippen LogP contribution in [-0.4, -0.2) is 22.6 Å². The summed E-state index contributed by atoms with van der Waals surface area (Å²) in [6, 6.07) is 16.7. The number of Topliss-reactive ketones (excluding diaryl/α,β-unsaturated/α-hetero) is 1. The molecule has 0 saturated heterocycles. The molecule has 0 saturated carbocycles. The van der Waals surface area contributed by atoms with Gasteiger partial charge in [-0.25, -0.2) is 4.98 Å². The molecule has 29 heavy (non-hydrogen) atoms. The molecule has 0 bridgehead atoms. The van der Waals surface area contributed by atoms with E-state index in [1.165, 1.54) is 18.3 Å². The lowest BCUT2D eigenvalue weighted by Gasteiger charge is -2.04. The van der Waals surface area contributed by atoms with E-state index >= 15 is 0 Å². The number of nitrogens with zero attached hydrogens (tertiary/aromatic N) is 1. The molecule has 0 unspecified atom stereocenters. The van der Waals surface area contributed by atoms with Crippen LogP contribution in [0.1, 0.15) is 35.7 Å². The third kappa shape index (κ3) is 6.08. The Morgan fingerprint density at radius 3 is 2.38 bits per heavy atom. The Hall–Kier alpha value is -3.32. The van der Waals surface area contributed by atoms with Gasteiger partial charge in [-0.3, -0.25) is 14.4 Å². The molecule has 0 aliphatic carbocycles. The van der Waals surface area contributed by atoms with Crippen molar-refractivity contribution in [2.45, 2.75) is 26.3 Å². The normalized spacial score (nSPS) is 10.4. The Labute approximate surface area is 173 Å². The lowest BCUT2D eigenvalue weighted by atomic mass is 10.1. The zero-order chi connectivity index (χ0) is 20.6. The number of ketones is 1. The van der Waals surface area contributed by atoms with Crippen molar-refractivity contribution in [2.75, 3.05) is 5.32 Å². The number of hydrogen-bond donors (Lipinski definition) is 2. The lowest BCUT2D eigenvalue weighted by Crippen LogP contribution is -2.18. The van der Waals surface area contributed by atoms with E-state index < -0.39 is 0 Å². The zero-order valence-corrected chi connectivity index (χ0v) is 16.8. The first kappa shape index (κ1) is 20.4. The first-order valence-corrected chi connectivity index (χ1v) is 10.1. The van der Waals surface area contributed by atoms with Gasteiger partial charge < -0.3 is 10.6 Å². The van der Waals surface area contributed by atoms with Gasteiger partial charge in [-0.05, 0) is 5.56 Å². The van der Waals surface area contributed by atoms with Gasteiger partial charge in [0.1, 0.15) is 0 Å².